The van der Waals surface area contributed by atoms with Gasteiger partial charge in [-0.2, -0.15) is 0 Å². The van der Waals surface area contributed by atoms with Crippen molar-refractivity contribution in [1.82, 2.24) is 0 Å². The molecule has 0 saturated carbocycles. The summed E-state index contributed by atoms with van der Waals surface area (Å²) in [7, 11) is 0. The van der Waals surface area contributed by atoms with Crippen LogP contribution in [-0.2, 0) is 16.2 Å². The molecule has 4 heteroatoms. The zero-order chi connectivity index (χ0) is 17.2. The van der Waals surface area contributed by atoms with Crippen LogP contribution in [0.2, 0.25) is 0 Å². The zero-order valence-corrected chi connectivity index (χ0v) is 13.8. The minimum atomic E-state index is -0.202. The van der Waals surface area contributed by atoms with E-state index in [1.54, 1.807) is 24.3 Å². The Hall–Kier alpha value is -2.88. The average Bonchev–Trinajstić information content (AvgIpc) is 2.93. The van der Waals surface area contributed by atoms with E-state index in [2.05, 4.69) is 0 Å². The van der Waals surface area contributed by atoms with Crippen molar-refractivity contribution in [3.05, 3.63) is 72.3 Å². The molecule has 2 aromatic rings. The summed E-state index contributed by atoms with van der Waals surface area (Å²) >= 11 is 0. The summed E-state index contributed by atoms with van der Waals surface area (Å²) in [5.41, 5.74) is 1.71. The molecule has 0 unspecified atom stereocenters. The van der Waals surface area contributed by atoms with E-state index in [9.17, 15) is 9.59 Å². The number of anilines is 1. The molecule has 1 aliphatic carbocycles. The Morgan fingerprint density at radius 2 is 1.44 bits per heavy atom. The Balaban J connectivity index is 1.47. The Morgan fingerprint density at radius 1 is 0.840 bits per heavy atom. The first kappa shape index (κ1) is 15.6. The summed E-state index contributed by atoms with van der Waals surface area (Å²) in [4.78, 5) is 26.5. The second kappa shape index (κ2) is 6.55. The summed E-state index contributed by atoms with van der Waals surface area (Å²) in [5.74, 6) is 0.137. The molecule has 2 aliphatic rings. The third kappa shape index (κ3) is 2.95. The molecule has 0 spiro atoms. The van der Waals surface area contributed by atoms with Crippen LogP contribution in [0.1, 0.15) is 18.4 Å². The van der Waals surface area contributed by atoms with E-state index >= 15 is 0 Å². The second-order valence-electron chi connectivity index (χ2n) is 6.44. The van der Waals surface area contributed by atoms with Gasteiger partial charge in [-0.3, -0.25) is 14.5 Å². The number of nitrogens with zero attached hydrogens (tertiary/aromatic N) is 1. The molecular weight excluding hydrogens is 314 g/mol. The van der Waals surface area contributed by atoms with E-state index < -0.39 is 0 Å². The maximum Gasteiger partial charge on any atom is 0.238 e. The minimum Gasteiger partial charge on any atom is -0.489 e. The lowest BCUT2D eigenvalue weighted by Gasteiger charge is -2.15. The molecule has 1 saturated heterocycles. The lowest BCUT2D eigenvalue weighted by Crippen LogP contribution is -2.30. The van der Waals surface area contributed by atoms with Crippen LogP contribution in [0.25, 0.3) is 0 Å². The highest BCUT2D eigenvalue weighted by Gasteiger charge is 2.47. The number of imide groups is 1. The van der Waals surface area contributed by atoms with E-state index in [1.807, 2.05) is 42.5 Å². The monoisotopic (exact) mass is 333 g/mol. The minimum absolute atomic E-state index is 0.0858. The third-order valence-electron chi connectivity index (χ3n) is 4.85. The average molecular weight is 333 g/mol. The SMILES string of the molecule is O=C1[C@H]2CC=CC[C@@H]2C(=O)N1c1ccc(OCc2ccccc2)cc1. The fourth-order valence-corrected chi connectivity index (χ4v) is 3.49. The summed E-state index contributed by atoms with van der Waals surface area (Å²) < 4.78 is 5.76. The topological polar surface area (TPSA) is 46.6 Å². The summed E-state index contributed by atoms with van der Waals surface area (Å²) in [6.45, 7) is 0.484. The zero-order valence-electron chi connectivity index (χ0n) is 13.8. The summed E-state index contributed by atoms with van der Waals surface area (Å²) in [6.07, 6.45) is 5.31. The van der Waals surface area contributed by atoms with Gasteiger partial charge in [0.25, 0.3) is 0 Å². The molecular formula is C21H19NO3. The van der Waals surface area contributed by atoms with Crippen molar-refractivity contribution < 1.29 is 14.3 Å². The van der Waals surface area contributed by atoms with Gasteiger partial charge in [0.15, 0.2) is 0 Å². The van der Waals surface area contributed by atoms with Gasteiger partial charge < -0.3 is 4.74 Å². The molecule has 25 heavy (non-hydrogen) atoms. The van der Waals surface area contributed by atoms with Crippen LogP contribution in [-0.4, -0.2) is 11.8 Å². The molecule has 2 aromatic carbocycles. The van der Waals surface area contributed by atoms with Crippen LogP contribution < -0.4 is 9.64 Å². The van der Waals surface area contributed by atoms with Gasteiger partial charge in [-0.05, 0) is 42.7 Å². The van der Waals surface area contributed by atoms with E-state index in [0.717, 1.165) is 5.56 Å². The lowest BCUT2D eigenvalue weighted by molar-refractivity contribution is -0.122. The van der Waals surface area contributed by atoms with E-state index in [4.69, 9.17) is 4.74 Å². The second-order valence-corrected chi connectivity index (χ2v) is 6.44. The number of allylic oxidation sites excluding steroid dienone is 2. The molecule has 4 rings (SSSR count). The quantitative estimate of drug-likeness (QED) is 0.633. The Morgan fingerprint density at radius 3 is 2.04 bits per heavy atom. The van der Waals surface area contributed by atoms with Crippen molar-refractivity contribution >= 4 is 17.5 Å². The molecule has 0 bridgehead atoms. The number of rotatable bonds is 4. The molecule has 1 aliphatic heterocycles. The smallest absolute Gasteiger partial charge is 0.238 e. The van der Waals surface area contributed by atoms with E-state index in [-0.39, 0.29) is 23.7 Å². The van der Waals surface area contributed by atoms with Crippen molar-refractivity contribution in [3.8, 4) is 5.75 Å². The predicted octanol–water partition coefficient (Wildman–Crippen LogP) is 3.72. The number of ether oxygens (including phenoxy) is 1. The van der Waals surface area contributed by atoms with Crippen molar-refractivity contribution in [2.45, 2.75) is 19.4 Å². The van der Waals surface area contributed by atoms with Crippen LogP contribution >= 0.6 is 0 Å². The Kier molecular flexibility index (Phi) is 4.10. The molecule has 0 radical (unpaired) electrons. The number of carbonyl (C=O) groups excluding carboxylic acids is 2. The van der Waals surface area contributed by atoms with Crippen LogP contribution in [0, 0.1) is 11.8 Å². The van der Waals surface area contributed by atoms with Crippen LogP contribution in [0.5, 0.6) is 5.75 Å². The number of benzene rings is 2. The van der Waals surface area contributed by atoms with Crippen molar-refractivity contribution in [2.75, 3.05) is 4.90 Å². The van der Waals surface area contributed by atoms with Gasteiger partial charge in [0, 0.05) is 0 Å². The number of amides is 2. The van der Waals surface area contributed by atoms with Crippen molar-refractivity contribution in [3.63, 3.8) is 0 Å². The first-order valence-corrected chi connectivity index (χ1v) is 8.53. The number of carbonyl (C=O) groups is 2. The van der Waals surface area contributed by atoms with Crippen LogP contribution in [0.15, 0.2) is 66.7 Å². The Labute approximate surface area is 146 Å². The number of hydrogen-bond acceptors (Lipinski definition) is 3. The van der Waals surface area contributed by atoms with E-state index in [0.29, 0.717) is 30.9 Å². The van der Waals surface area contributed by atoms with Crippen LogP contribution in [0.4, 0.5) is 5.69 Å². The summed E-state index contributed by atoms with van der Waals surface area (Å²) in [5, 5.41) is 0. The Bertz CT molecular complexity index is 785. The van der Waals surface area contributed by atoms with Gasteiger partial charge in [0.1, 0.15) is 12.4 Å². The molecule has 0 aromatic heterocycles. The first-order chi connectivity index (χ1) is 12.2. The molecule has 0 N–H and O–H groups in total. The van der Waals surface area contributed by atoms with Gasteiger partial charge in [-0.1, -0.05) is 42.5 Å². The van der Waals surface area contributed by atoms with Gasteiger partial charge in [-0.15, -0.1) is 0 Å². The molecule has 1 heterocycles. The lowest BCUT2D eigenvalue weighted by atomic mass is 9.85. The molecule has 1 fully saturated rings. The summed E-state index contributed by atoms with van der Waals surface area (Å²) in [6, 6.07) is 17.1. The fourth-order valence-electron chi connectivity index (χ4n) is 3.49. The molecule has 4 nitrogen and oxygen atoms in total. The molecule has 2 amide bonds. The standard InChI is InChI=1S/C21H19NO3/c23-20-18-8-4-5-9-19(18)21(24)22(20)16-10-12-17(13-11-16)25-14-15-6-2-1-3-7-15/h1-7,10-13,18-19H,8-9,14H2/t18-,19-/m0/s1. The maximum atomic E-state index is 12.6. The number of fused-ring (bicyclic) bond motifs is 1. The highest BCUT2D eigenvalue weighted by Crippen LogP contribution is 2.37. The predicted molar refractivity (Wildman–Crippen MR) is 95.1 cm³/mol. The number of hydrogen-bond donors (Lipinski definition) is 0. The van der Waals surface area contributed by atoms with E-state index in [1.165, 1.54) is 4.90 Å². The molecule has 2 atom stereocenters. The van der Waals surface area contributed by atoms with Gasteiger partial charge >= 0.3 is 0 Å². The first-order valence-electron chi connectivity index (χ1n) is 8.53. The van der Waals surface area contributed by atoms with Gasteiger partial charge in [0.05, 0.1) is 17.5 Å². The van der Waals surface area contributed by atoms with Crippen LogP contribution in [0.3, 0.4) is 0 Å². The highest BCUT2D eigenvalue weighted by atomic mass is 16.5. The third-order valence-corrected chi connectivity index (χ3v) is 4.85. The van der Waals surface area contributed by atoms with Crippen molar-refractivity contribution in [1.29, 1.82) is 0 Å². The van der Waals surface area contributed by atoms with Gasteiger partial charge in [-0.25, -0.2) is 0 Å². The molecule has 126 valence electrons. The maximum absolute atomic E-state index is 12.6. The van der Waals surface area contributed by atoms with Crippen molar-refractivity contribution in [2.24, 2.45) is 11.8 Å². The fraction of sp³-hybridized carbons (Fsp3) is 0.238. The normalized spacial score (nSPS) is 22.2. The van der Waals surface area contributed by atoms with Gasteiger partial charge in [0.2, 0.25) is 11.8 Å². The largest absolute Gasteiger partial charge is 0.489 e. The highest BCUT2D eigenvalue weighted by molar-refractivity contribution is 6.22.